The molecule has 0 amide bonds. The van der Waals surface area contributed by atoms with Crippen molar-refractivity contribution in [1.82, 2.24) is 14.7 Å². The third-order valence-corrected chi connectivity index (χ3v) is 5.21. The van der Waals surface area contributed by atoms with E-state index in [9.17, 15) is 0 Å². The monoisotopic (exact) mass is 401 g/mol. The van der Waals surface area contributed by atoms with Crippen LogP contribution in [0.15, 0.2) is 59.0 Å². The Morgan fingerprint density at radius 3 is 2.89 bits per heavy atom. The Labute approximate surface area is 165 Å². The summed E-state index contributed by atoms with van der Waals surface area (Å²) in [5, 5.41) is 3.98. The van der Waals surface area contributed by atoms with Gasteiger partial charge in [-0.2, -0.15) is 4.99 Å². The number of aryl methyl sites for hydroxylation is 1. The molecule has 1 unspecified atom stereocenters. The number of amidine groups is 1. The van der Waals surface area contributed by atoms with Crippen LogP contribution in [-0.4, -0.2) is 27.0 Å². The average molecular weight is 402 g/mol. The summed E-state index contributed by atoms with van der Waals surface area (Å²) in [5.74, 6) is -0.427. The summed E-state index contributed by atoms with van der Waals surface area (Å²) < 4.78 is 1.88. The molecule has 1 atom stereocenters. The zero-order valence-electron chi connectivity index (χ0n) is 14.2. The molecule has 0 spiro atoms. The molecule has 2 aromatic heterocycles. The lowest BCUT2D eigenvalue weighted by molar-refractivity contribution is 0.376. The number of pyridine rings is 1. The summed E-state index contributed by atoms with van der Waals surface area (Å²) in [6, 6.07) is 9.35. The lowest BCUT2D eigenvalue weighted by Crippen LogP contribution is -2.59. The normalized spacial score (nSPS) is 19.5. The molecule has 27 heavy (non-hydrogen) atoms. The number of aromatic nitrogens is 2. The molecule has 0 radical (unpaired) electrons. The maximum absolute atomic E-state index is 6.45. The zero-order chi connectivity index (χ0) is 19.0. The number of nitrogens with zero attached hydrogens (tertiary/aromatic N) is 4. The first kappa shape index (κ1) is 17.8. The topological polar surface area (TPSA) is 106 Å². The van der Waals surface area contributed by atoms with Crippen molar-refractivity contribution in [2.45, 2.75) is 18.6 Å². The minimum atomic E-state index is -1.10. The predicted octanol–water partition coefficient (Wildman–Crippen LogP) is 2.55. The van der Waals surface area contributed by atoms with E-state index in [4.69, 9.17) is 34.7 Å². The Hall–Kier alpha value is -2.61. The lowest BCUT2D eigenvalue weighted by Gasteiger charge is -2.30. The van der Waals surface area contributed by atoms with Crippen molar-refractivity contribution in [2.75, 3.05) is 0 Å². The van der Waals surface area contributed by atoms with Gasteiger partial charge < -0.3 is 15.5 Å². The predicted molar refractivity (Wildman–Crippen MR) is 108 cm³/mol. The molecule has 5 N–H and O–H groups in total. The van der Waals surface area contributed by atoms with Gasteiger partial charge in [0.2, 0.25) is 0 Å². The average Bonchev–Trinajstić information content (AvgIpc) is 3.10. The van der Waals surface area contributed by atoms with Crippen molar-refractivity contribution < 1.29 is 0 Å². The summed E-state index contributed by atoms with van der Waals surface area (Å²) in [6.07, 6.45) is 6.41. The van der Waals surface area contributed by atoms with Gasteiger partial charge >= 0.3 is 0 Å². The van der Waals surface area contributed by atoms with Crippen molar-refractivity contribution in [3.63, 3.8) is 0 Å². The van der Waals surface area contributed by atoms with E-state index in [-0.39, 0.29) is 5.96 Å². The van der Waals surface area contributed by atoms with Crippen LogP contribution in [0.5, 0.6) is 0 Å². The highest BCUT2D eigenvalue weighted by Crippen LogP contribution is 2.27. The van der Waals surface area contributed by atoms with Crippen LogP contribution in [0.1, 0.15) is 17.5 Å². The van der Waals surface area contributed by atoms with Gasteiger partial charge in [0.05, 0.1) is 28.1 Å². The Bertz CT molecular complexity index is 1070. The van der Waals surface area contributed by atoms with Gasteiger partial charge in [-0.15, -0.1) is 0 Å². The minimum absolute atomic E-state index is 0.213. The summed E-state index contributed by atoms with van der Waals surface area (Å²) >= 11 is 12.4. The van der Waals surface area contributed by atoms with Crippen LogP contribution < -0.4 is 16.8 Å². The van der Waals surface area contributed by atoms with Crippen LogP contribution in [0.25, 0.3) is 5.52 Å². The van der Waals surface area contributed by atoms with Crippen molar-refractivity contribution in [1.29, 1.82) is 0 Å². The quantitative estimate of drug-likeness (QED) is 0.624. The van der Waals surface area contributed by atoms with Crippen molar-refractivity contribution in [3.05, 3.63) is 70.2 Å². The molecule has 9 heteroatoms. The number of imidazole rings is 1. The molecule has 138 valence electrons. The summed E-state index contributed by atoms with van der Waals surface area (Å²) in [7, 11) is 0. The summed E-state index contributed by atoms with van der Waals surface area (Å²) in [5.41, 5.74) is 15.1. The number of nitrogens with one attached hydrogen (secondary N) is 1. The summed E-state index contributed by atoms with van der Waals surface area (Å²) in [6.45, 7) is 0. The second-order valence-corrected chi connectivity index (χ2v) is 7.12. The molecular formula is C18H17Cl2N7. The molecule has 0 saturated carbocycles. The highest BCUT2D eigenvalue weighted by atomic mass is 35.5. The summed E-state index contributed by atoms with van der Waals surface area (Å²) in [4.78, 5) is 13.0. The second-order valence-electron chi connectivity index (χ2n) is 6.34. The first-order chi connectivity index (χ1) is 12.9. The number of aliphatic imine (C=N–C) groups is 2. The molecule has 0 bridgehead atoms. The first-order valence-electron chi connectivity index (χ1n) is 8.30. The molecule has 4 rings (SSSR count). The molecule has 1 aliphatic rings. The maximum atomic E-state index is 6.45. The van der Waals surface area contributed by atoms with Crippen molar-refractivity contribution in [2.24, 2.45) is 21.5 Å². The van der Waals surface area contributed by atoms with Gasteiger partial charge in [0, 0.05) is 18.2 Å². The van der Waals surface area contributed by atoms with Gasteiger partial charge in [0.25, 0.3) is 0 Å². The van der Waals surface area contributed by atoms with Gasteiger partial charge in [0.15, 0.2) is 17.6 Å². The number of fused-ring (bicyclic) bond motifs is 1. The van der Waals surface area contributed by atoms with Gasteiger partial charge in [-0.05, 0) is 30.2 Å². The number of halogens is 2. The molecule has 3 heterocycles. The molecule has 3 aromatic rings. The molecule has 0 saturated heterocycles. The largest absolute Gasteiger partial charge is 0.370 e. The van der Waals surface area contributed by atoms with Crippen LogP contribution in [-0.2, 0) is 6.42 Å². The molecule has 1 aliphatic heterocycles. The third-order valence-electron chi connectivity index (χ3n) is 4.35. The van der Waals surface area contributed by atoms with Crippen LogP contribution >= 0.6 is 23.2 Å². The fraction of sp³-hybridized carbons (Fsp3) is 0.167. The number of benzene rings is 1. The van der Waals surface area contributed by atoms with E-state index in [1.807, 2.05) is 34.9 Å². The van der Waals surface area contributed by atoms with E-state index >= 15 is 0 Å². The van der Waals surface area contributed by atoms with Crippen molar-refractivity contribution in [3.8, 4) is 0 Å². The van der Waals surface area contributed by atoms with Crippen LogP contribution in [0.2, 0.25) is 10.0 Å². The van der Waals surface area contributed by atoms with Crippen LogP contribution in [0.4, 0.5) is 0 Å². The standard InChI is InChI=1S/C18H17Cl2N7/c19-14-3-1-2-11(15(14)20)6-7-18(22)25-16(24-17(21)26-18)12-4-5-13-8-23-10-27(13)9-12/h1-5,8-10H,6-7,22H2,(H3,21,24,25,26). The number of guanidine groups is 1. The smallest absolute Gasteiger partial charge is 0.198 e. The number of hydrogen-bond acceptors (Lipinski definition) is 6. The Morgan fingerprint density at radius 2 is 2.04 bits per heavy atom. The maximum Gasteiger partial charge on any atom is 0.198 e. The number of rotatable bonds is 4. The van der Waals surface area contributed by atoms with Crippen LogP contribution in [0, 0.1) is 0 Å². The van der Waals surface area contributed by atoms with E-state index in [1.165, 1.54) is 0 Å². The molecule has 0 fully saturated rings. The molecule has 7 nitrogen and oxygen atoms in total. The van der Waals surface area contributed by atoms with E-state index in [0.29, 0.717) is 28.7 Å². The number of nitrogens with two attached hydrogens (primary N) is 2. The molecule has 0 aliphatic carbocycles. The van der Waals surface area contributed by atoms with Gasteiger partial charge in [0.1, 0.15) is 0 Å². The highest BCUT2D eigenvalue weighted by Gasteiger charge is 2.29. The number of hydrogen-bond donors (Lipinski definition) is 3. The minimum Gasteiger partial charge on any atom is -0.370 e. The van der Waals surface area contributed by atoms with Crippen molar-refractivity contribution >= 4 is 40.5 Å². The van der Waals surface area contributed by atoms with E-state index in [0.717, 1.165) is 16.6 Å². The SMILES string of the molecule is NC1=NC(c2ccc3cncn3c2)=NC(N)(CCc2cccc(Cl)c2Cl)N1. The highest BCUT2D eigenvalue weighted by molar-refractivity contribution is 6.42. The van der Waals surface area contributed by atoms with E-state index < -0.39 is 5.79 Å². The molecule has 1 aromatic carbocycles. The van der Waals surface area contributed by atoms with Gasteiger partial charge in [-0.1, -0.05) is 35.3 Å². The fourth-order valence-corrected chi connectivity index (χ4v) is 3.39. The fourth-order valence-electron chi connectivity index (χ4n) is 2.97. The van der Waals surface area contributed by atoms with E-state index in [1.54, 1.807) is 18.6 Å². The van der Waals surface area contributed by atoms with E-state index in [2.05, 4.69) is 20.3 Å². The zero-order valence-corrected chi connectivity index (χ0v) is 15.7. The lowest BCUT2D eigenvalue weighted by atomic mass is 10.1. The Kier molecular flexibility index (Phi) is 4.51. The third kappa shape index (κ3) is 3.62. The Morgan fingerprint density at radius 1 is 1.19 bits per heavy atom. The first-order valence-corrected chi connectivity index (χ1v) is 9.05. The molecular weight excluding hydrogens is 385 g/mol. The Balaban J connectivity index is 1.62. The van der Waals surface area contributed by atoms with Gasteiger partial charge in [-0.3, -0.25) is 5.73 Å². The van der Waals surface area contributed by atoms with Crippen LogP contribution in [0.3, 0.4) is 0 Å². The van der Waals surface area contributed by atoms with Gasteiger partial charge in [-0.25, -0.2) is 9.98 Å². The second kappa shape index (κ2) is 6.84.